The number of ketones is 1. The molecule has 1 fully saturated rings. The summed E-state index contributed by atoms with van der Waals surface area (Å²) in [5.74, 6) is 0.501. The molecular weight excluding hydrogens is 243 g/mol. The number of hydrogen-bond acceptors (Lipinski definition) is 1. The van der Waals surface area contributed by atoms with Gasteiger partial charge in [-0.3, -0.25) is 4.79 Å². The minimum atomic E-state index is 0.194. The first kappa shape index (κ1) is 16.2. The second-order valence-electron chi connectivity index (χ2n) is 4.32. The predicted molar refractivity (Wildman–Crippen MR) is 72.4 cm³/mol. The van der Waals surface area contributed by atoms with Gasteiger partial charge in [-0.05, 0) is 12.8 Å². The van der Waals surface area contributed by atoms with Crippen molar-refractivity contribution in [1.29, 1.82) is 0 Å². The van der Waals surface area contributed by atoms with E-state index in [2.05, 4.69) is 0 Å². The zero-order chi connectivity index (χ0) is 12.1. The molecule has 0 aromatic heterocycles. The second-order valence-corrected chi connectivity index (χ2v) is 5.13. The molecule has 0 radical (unpaired) electrons. The molecule has 1 rings (SSSR count). The molecule has 0 saturated heterocycles. The van der Waals surface area contributed by atoms with Crippen LogP contribution in [0.2, 0.25) is 0 Å². The fourth-order valence-corrected chi connectivity index (χ4v) is 2.01. The van der Waals surface area contributed by atoms with E-state index in [9.17, 15) is 4.79 Å². The maximum atomic E-state index is 11.3. The topological polar surface area (TPSA) is 17.1 Å². The van der Waals surface area contributed by atoms with Crippen LogP contribution in [-0.4, -0.2) is 11.1 Å². The van der Waals surface area contributed by atoms with E-state index in [-0.39, 0.29) is 5.34 Å². The molecule has 0 aliphatic heterocycles. The number of Topliss-reactive ketones (excluding diaryl/α,β-unsaturated/α-hetero) is 1. The molecule has 0 amide bonds. The maximum absolute atomic E-state index is 11.3. The lowest BCUT2D eigenvalue weighted by atomic mass is 10.0. The molecule has 1 aliphatic carbocycles. The Labute approximate surface area is 110 Å². The molecule has 3 heteroatoms. The van der Waals surface area contributed by atoms with E-state index in [4.69, 9.17) is 23.2 Å². The van der Waals surface area contributed by atoms with E-state index >= 15 is 0 Å². The first-order valence-electron chi connectivity index (χ1n) is 6.45. The molecule has 0 bridgehead atoms. The van der Waals surface area contributed by atoms with Gasteiger partial charge in [0.1, 0.15) is 5.78 Å². The molecular formula is C13H24Cl2O. The Hall–Kier alpha value is 0.250. The molecule has 0 atom stereocenters. The molecule has 1 aliphatic rings. The van der Waals surface area contributed by atoms with Crippen LogP contribution < -0.4 is 0 Å². The normalized spacial score (nSPS) is 20.0. The number of hydrogen-bond donors (Lipinski definition) is 0. The predicted octanol–water partition coefficient (Wildman–Crippen LogP) is 5.28. The monoisotopic (exact) mass is 266 g/mol. The average molecular weight is 267 g/mol. The van der Waals surface area contributed by atoms with Gasteiger partial charge in [-0.25, -0.2) is 0 Å². The van der Waals surface area contributed by atoms with Crippen LogP contribution in [0.5, 0.6) is 0 Å². The van der Waals surface area contributed by atoms with Gasteiger partial charge in [0.05, 0.1) is 5.34 Å². The lowest BCUT2D eigenvalue weighted by Gasteiger charge is -2.05. The van der Waals surface area contributed by atoms with Gasteiger partial charge in [-0.2, -0.15) is 0 Å². The SMILES string of the molecule is ClCCl.O=C1CCCCCCCCCCC1. The molecule has 1 saturated carbocycles. The molecule has 1 nitrogen and oxygen atoms in total. The number of rotatable bonds is 0. The van der Waals surface area contributed by atoms with Gasteiger partial charge in [0.15, 0.2) is 0 Å². The van der Waals surface area contributed by atoms with E-state index in [1.165, 1.54) is 44.9 Å². The fourth-order valence-electron chi connectivity index (χ4n) is 2.01. The van der Waals surface area contributed by atoms with Gasteiger partial charge in [0, 0.05) is 12.8 Å². The summed E-state index contributed by atoms with van der Waals surface area (Å²) in [6, 6.07) is 0. The van der Waals surface area contributed by atoms with Crippen LogP contribution in [0.3, 0.4) is 0 Å². The standard InChI is InChI=1S/C12H22O.CH2Cl2/c13-12-10-8-6-4-2-1-3-5-7-9-11-12;2-1-3/h1-11H2;1H2. The van der Waals surface area contributed by atoms with E-state index in [0.29, 0.717) is 5.78 Å². The Bertz CT molecular complexity index is 146. The van der Waals surface area contributed by atoms with Crippen LogP contribution in [0.4, 0.5) is 0 Å². The van der Waals surface area contributed by atoms with Gasteiger partial charge < -0.3 is 0 Å². The molecule has 96 valence electrons. The van der Waals surface area contributed by atoms with Gasteiger partial charge in [-0.1, -0.05) is 44.9 Å². The maximum Gasteiger partial charge on any atom is 0.132 e. The number of carbonyl (C=O) groups excluding carboxylic acids is 1. The van der Waals surface area contributed by atoms with E-state index in [0.717, 1.165) is 25.7 Å². The van der Waals surface area contributed by atoms with Gasteiger partial charge in [-0.15, -0.1) is 23.2 Å². The number of carbonyl (C=O) groups is 1. The highest BCUT2D eigenvalue weighted by molar-refractivity contribution is 6.40. The highest BCUT2D eigenvalue weighted by atomic mass is 35.5. The van der Waals surface area contributed by atoms with Crippen molar-refractivity contribution < 1.29 is 4.79 Å². The summed E-state index contributed by atoms with van der Waals surface area (Å²) in [6.45, 7) is 0. The molecule has 0 aromatic rings. The summed E-state index contributed by atoms with van der Waals surface area (Å²) >= 11 is 9.53. The number of halogens is 2. The summed E-state index contributed by atoms with van der Waals surface area (Å²) in [6.07, 6.45) is 13.4. The van der Waals surface area contributed by atoms with Crippen molar-refractivity contribution in [1.82, 2.24) is 0 Å². The van der Waals surface area contributed by atoms with Crippen LogP contribution in [-0.2, 0) is 4.79 Å². The molecule has 0 unspecified atom stereocenters. The van der Waals surface area contributed by atoms with Gasteiger partial charge >= 0.3 is 0 Å². The Balaban J connectivity index is 0.000000673. The Morgan fingerprint density at radius 2 is 0.938 bits per heavy atom. The van der Waals surface area contributed by atoms with E-state index in [1.54, 1.807) is 0 Å². The van der Waals surface area contributed by atoms with Crippen LogP contribution in [0.25, 0.3) is 0 Å². The third-order valence-corrected chi connectivity index (χ3v) is 2.91. The van der Waals surface area contributed by atoms with Crippen molar-refractivity contribution >= 4 is 29.0 Å². The summed E-state index contributed by atoms with van der Waals surface area (Å²) in [4.78, 5) is 11.3. The van der Waals surface area contributed by atoms with Crippen LogP contribution in [0.15, 0.2) is 0 Å². The van der Waals surface area contributed by atoms with Crippen LogP contribution >= 0.6 is 23.2 Å². The summed E-state index contributed by atoms with van der Waals surface area (Å²) in [7, 11) is 0. The molecule has 16 heavy (non-hydrogen) atoms. The van der Waals surface area contributed by atoms with Crippen LogP contribution in [0.1, 0.15) is 70.6 Å². The third-order valence-electron chi connectivity index (χ3n) is 2.91. The van der Waals surface area contributed by atoms with Crippen molar-refractivity contribution in [2.45, 2.75) is 70.6 Å². The van der Waals surface area contributed by atoms with Crippen molar-refractivity contribution in [3.05, 3.63) is 0 Å². The Morgan fingerprint density at radius 3 is 1.25 bits per heavy atom. The Morgan fingerprint density at radius 1 is 0.688 bits per heavy atom. The molecule has 0 N–H and O–H groups in total. The van der Waals surface area contributed by atoms with Crippen molar-refractivity contribution in [3.63, 3.8) is 0 Å². The van der Waals surface area contributed by atoms with E-state index < -0.39 is 0 Å². The van der Waals surface area contributed by atoms with Crippen LogP contribution in [0, 0.1) is 0 Å². The van der Waals surface area contributed by atoms with Crippen molar-refractivity contribution in [2.75, 3.05) is 5.34 Å². The minimum absolute atomic E-state index is 0.194. The lowest BCUT2D eigenvalue weighted by molar-refractivity contribution is -0.119. The van der Waals surface area contributed by atoms with Gasteiger partial charge in [0.25, 0.3) is 0 Å². The van der Waals surface area contributed by atoms with Crippen molar-refractivity contribution in [2.24, 2.45) is 0 Å². The smallest absolute Gasteiger partial charge is 0.132 e. The zero-order valence-electron chi connectivity index (χ0n) is 10.1. The highest BCUT2D eigenvalue weighted by Gasteiger charge is 2.02. The quantitative estimate of drug-likeness (QED) is 0.545. The average Bonchev–Trinajstić information content (AvgIpc) is 2.24. The lowest BCUT2D eigenvalue weighted by Crippen LogP contribution is -1.98. The largest absolute Gasteiger partial charge is 0.300 e. The summed E-state index contributed by atoms with van der Waals surface area (Å²) in [5.41, 5.74) is 0. The highest BCUT2D eigenvalue weighted by Crippen LogP contribution is 2.14. The zero-order valence-corrected chi connectivity index (χ0v) is 11.7. The fraction of sp³-hybridized carbons (Fsp3) is 0.923. The van der Waals surface area contributed by atoms with E-state index in [1.807, 2.05) is 0 Å². The minimum Gasteiger partial charge on any atom is -0.300 e. The molecule has 0 aromatic carbocycles. The molecule has 0 spiro atoms. The third kappa shape index (κ3) is 12.3. The second kappa shape index (κ2) is 13.3. The summed E-state index contributed by atoms with van der Waals surface area (Å²) in [5, 5.41) is 0.194. The number of alkyl halides is 2. The van der Waals surface area contributed by atoms with Crippen molar-refractivity contribution in [3.8, 4) is 0 Å². The summed E-state index contributed by atoms with van der Waals surface area (Å²) < 4.78 is 0. The first-order valence-corrected chi connectivity index (χ1v) is 7.51. The first-order chi connectivity index (χ1) is 7.81. The van der Waals surface area contributed by atoms with Gasteiger partial charge in [0.2, 0.25) is 0 Å². The Kier molecular flexibility index (Phi) is 13.5. The molecule has 0 heterocycles.